The zero-order valence-corrected chi connectivity index (χ0v) is 14.3. The Bertz CT molecular complexity index is 938. The first-order chi connectivity index (χ1) is 12.1. The Kier molecular flexibility index (Phi) is 4.01. The molecule has 0 unspecified atom stereocenters. The molecule has 1 amide bonds. The Hall–Kier alpha value is -2.67. The van der Waals surface area contributed by atoms with Crippen molar-refractivity contribution in [1.82, 2.24) is 14.9 Å². The number of ketones is 1. The van der Waals surface area contributed by atoms with E-state index < -0.39 is 6.09 Å². The van der Waals surface area contributed by atoms with Gasteiger partial charge in [-0.25, -0.2) is 9.78 Å². The zero-order valence-electron chi connectivity index (χ0n) is 13.4. The van der Waals surface area contributed by atoms with Crippen LogP contribution < -0.4 is 0 Å². The first-order valence-corrected chi connectivity index (χ1v) is 9.05. The number of aromatic amines is 1. The first-order valence-electron chi connectivity index (χ1n) is 8.17. The van der Waals surface area contributed by atoms with Crippen LogP contribution in [0.4, 0.5) is 4.79 Å². The molecule has 128 valence electrons. The number of carbonyl (C=O) groups excluding carboxylic acids is 1. The van der Waals surface area contributed by atoms with Gasteiger partial charge in [0.25, 0.3) is 0 Å². The van der Waals surface area contributed by atoms with E-state index in [2.05, 4.69) is 9.97 Å². The van der Waals surface area contributed by atoms with Crippen LogP contribution in [0.3, 0.4) is 0 Å². The molecular weight excluding hydrogens is 338 g/mol. The summed E-state index contributed by atoms with van der Waals surface area (Å²) in [6.07, 6.45) is 2.36. The third-order valence-corrected chi connectivity index (χ3v) is 5.59. The number of carboxylic acid groups (broad SMARTS) is 1. The molecule has 2 N–H and O–H groups in total. The van der Waals surface area contributed by atoms with E-state index in [9.17, 15) is 9.59 Å². The van der Waals surface area contributed by atoms with Gasteiger partial charge in [-0.3, -0.25) is 4.79 Å². The van der Waals surface area contributed by atoms with Crippen LogP contribution in [0.15, 0.2) is 35.8 Å². The molecule has 0 aliphatic carbocycles. The highest BCUT2D eigenvalue weighted by Gasteiger charge is 2.26. The van der Waals surface area contributed by atoms with E-state index >= 15 is 0 Å². The second-order valence-electron chi connectivity index (χ2n) is 6.20. The van der Waals surface area contributed by atoms with Crippen molar-refractivity contribution in [3.63, 3.8) is 0 Å². The monoisotopic (exact) mass is 355 g/mol. The van der Waals surface area contributed by atoms with Crippen molar-refractivity contribution in [2.45, 2.75) is 18.8 Å². The lowest BCUT2D eigenvalue weighted by Crippen LogP contribution is -2.36. The molecule has 1 aromatic carbocycles. The molecule has 3 aromatic rings. The Balaban J connectivity index is 1.53. The van der Waals surface area contributed by atoms with Crippen LogP contribution in [0.1, 0.15) is 39.8 Å². The zero-order chi connectivity index (χ0) is 17.4. The van der Waals surface area contributed by atoms with Crippen molar-refractivity contribution in [2.75, 3.05) is 13.1 Å². The number of nitrogens with one attached hydrogen (secondary N) is 1. The molecule has 25 heavy (non-hydrogen) atoms. The highest BCUT2D eigenvalue weighted by molar-refractivity contribution is 7.12. The van der Waals surface area contributed by atoms with Gasteiger partial charge >= 0.3 is 6.09 Å². The maximum Gasteiger partial charge on any atom is 0.407 e. The highest BCUT2D eigenvalue weighted by Crippen LogP contribution is 2.30. The second kappa shape index (κ2) is 6.33. The van der Waals surface area contributed by atoms with Crippen molar-refractivity contribution >= 4 is 34.1 Å². The van der Waals surface area contributed by atoms with Crippen LogP contribution in [-0.2, 0) is 0 Å². The molecule has 1 saturated heterocycles. The van der Waals surface area contributed by atoms with Crippen LogP contribution in [0, 0.1) is 0 Å². The molecule has 0 radical (unpaired) electrons. The molecule has 6 nitrogen and oxygen atoms in total. The Morgan fingerprint density at radius 1 is 1.24 bits per heavy atom. The number of nitrogens with zero attached hydrogens (tertiary/aromatic N) is 2. The van der Waals surface area contributed by atoms with Gasteiger partial charge in [0.15, 0.2) is 5.01 Å². The van der Waals surface area contributed by atoms with Crippen LogP contribution in [0.2, 0.25) is 0 Å². The molecule has 4 rings (SSSR count). The van der Waals surface area contributed by atoms with Crippen LogP contribution >= 0.6 is 11.3 Å². The fraction of sp³-hybridized carbons (Fsp3) is 0.278. The van der Waals surface area contributed by atoms with Gasteiger partial charge in [0, 0.05) is 41.5 Å². The van der Waals surface area contributed by atoms with E-state index in [-0.39, 0.29) is 11.7 Å². The highest BCUT2D eigenvalue weighted by atomic mass is 32.1. The summed E-state index contributed by atoms with van der Waals surface area (Å²) in [5, 5.41) is 12.4. The molecule has 0 atom stereocenters. The minimum Gasteiger partial charge on any atom is -0.465 e. The minimum atomic E-state index is -0.869. The van der Waals surface area contributed by atoms with Gasteiger partial charge in [-0.05, 0) is 18.9 Å². The largest absolute Gasteiger partial charge is 0.465 e. The average Bonchev–Trinajstić information content (AvgIpc) is 3.29. The minimum absolute atomic E-state index is 0.0725. The Labute approximate surface area is 148 Å². The van der Waals surface area contributed by atoms with E-state index in [1.165, 1.54) is 16.2 Å². The second-order valence-corrected chi connectivity index (χ2v) is 7.06. The standard InChI is InChI=1S/C18H17N3O3S/c22-16(13-9-19-14-4-2-1-3-12(13)14)17-20-15(10-25-17)11-5-7-21(8-6-11)18(23)24/h1-4,9-11,19H,5-8H2,(H,23,24). The molecule has 1 fully saturated rings. The van der Waals surface area contributed by atoms with Crippen LogP contribution in [-0.4, -0.2) is 44.9 Å². The number of piperidine rings is 1. The van der Waals surface area contributed by atoms with Crippen molar-refractivity contribution in [3.05, 3.63) is 52.1 Å². The van der Waals surface area contributed by atoms with Crippen molar-refractivity contribution < 1.29 is 14.7 Å². The lowest BCUT2D eigenvalue weighted by atomic mass is 9.94. The number of H-pyrrole nitrogens is 1. The van der Waals surface area contributed by atoms with Gasteiger partial charge in [0.05, 0.1) is 11.3 Å². The van der Waals surface area contributed by atoms with Gasteiger partial charge in [-0.2, -0.15) is 0 Å². The van der Waals surface area contributed by atoms with Gasteiger partial charge in [0.1, 0.15) is 0 Å². The third kappa shape index (κ3) is 2.91. The van der Waals surface area contributed by atoms with E-state index in [0.717, 1.165) is 29.4 Å². The number of hydrogen-bond acceptors (Lipinski definition) is 4. The topological polar surface area (TPSA) is 86.3 Å². The first kappa shape index (κ1) is 15.8. The summed E-state index contributed by atoms with van der Waals surface area (Å²) in [5.74, 6) is 0.146. The van der Waals surface area contributed by atoms with Crippen LogP contribution in [0.5, 0.6) is 0 Å². The summed E-state index contributed by atoms with van der Waals surface area (Å²) in [6.45, 7) is 1.03. The lowest BCUT2D eigenvalue weighted by Gasteiger charge is -2.28. The smallest absolute Gasteiger partial charge is 0.407 e. The summed E-state index contributed by atoms with van der Waals surface area (Å²) in [5.41, 5.74) is 2.47. The molecule has 0 bridgehead atoms. The summed E-state index contributed by atoms with van der Waals surface area (Å²) >= 11 is 1.36. The quantitative estimate of drug-likeness (QED) is 0.701. The van der Waals surface area contributed by atoms with Crippen molar-refractivity contribution in [1.29, 1.82) is 0 Å². The summed E-state index contributed by atoms with van der Waals surface area (Å²) in [4.78, 5) is 32.9. The van der Waals surface area contributed by atoms with Crippen LogP contribution in [0.25, 0.3) is 10.9 Å². The van der Waals surface area contributed by atoms with E-state index in [0.29, 0.717) is 23.7 Å². The van der Waals surface area contributed by atoms with Crippen molar-refractivity contribution in [2.24, 2.45) is 0 Å². The molecule has 3 heterocycles. The number of benzene rings is 1. The maximum absolute atomic E-state index is 12.8. The number of aromatic nitrogens is 2. The number of fused-ring (bicyclic) bond motifs is 1. The van der Waals surface area contributed by atoms with Gasteiger partial charge < -0.3 is 15.0 Å². The third-order valence-electron chi connectivity index (χ3n) is 4.73. The molecule has 2 aromatic heterocycles. The number of carbonyl (C=O) groups is 2. The predicted octanol–water partition coefficient (Wildman–Crippen LogP) is 3.71. The molecular formula is C18H17N3O3S. The Morgan fingerprint density at radius 2 is 2.00 bits per heavy atom. The fourth-order valence-electron chi connectivity index (χ4n) is 3.32. The fourth-order valence-corrected chi connectivity index (χ4v) is 4.17. The molecule has 1 aliphatic rings. The number of amides is 1. The predicted molar refractivity (Wildman–Crippen MR) is 95.4 cm³/mol. The SMILES string of the molecule is O=C(c1nc(C2CCN(C(=O)O)CC2)cs1)c1c[nH]c2ccccc12. The number of hydrogen-bond donors (Lipinski definition) is 2. The summed E-state index contributed by atoms with van der Waals surface area (Å²) in [7, 11) is 0. The maximum atomic E-state index is 12.8. The average molecular weight is 355 g/mol. The number of thiazole rings is 1. The summed E-state index contributed by atoms with van der Waals surface area (Å²) < 4.78 is 0. The lowest BCUT2D eigenvalue weighted by molar-refractivity contribution is 0.103. The van der Waals surface area contributed by atoms with Gasteiger partial charge in [0.2, 0.25) is 5.78 Å². The van der Waals surface area contributed by atoms with Gasteiger partial charge in [-0.1, -0.05) is 18.2 Å². The Morgan fingerprint density at radius 3 is 2.76 bits per heavy atom. The number of rotatable bonds is 3. The van der Waals surface area contributed by atoms with E-state index in [1.807, 2.05) is 29.6 Å². The normalized spacial score (nSPS) is 15.6. The molecule has 7 heteroatoms. The van der Waals surface area contributed by atoms with Crippen molar-refractivity contribution in [3.8, 4) is 0 Å². The number of likely N-dealkylation sites (tertiary alicyclic amines) is 1. The van der Waals surface area contributed by atoms with E-state index in [4.69, 9.17) is 5.11 Å². The van der Waals surface area contributed by atoms with Gasteiger partial charge in [-0.15, -0.1) is 11.3 Å². The number of para-hydroxylation sites is 1. The summed E-state index contributed by atoms with van der Waals surface area (Å²) in [6, 6.07) is 7.71. The molecule has 0 spiro atoms. The molecule has 0 saturated carbocycles. The van der Waals surface area contributed by atoms with E-state index in [1.54, 1.807) is 6.20 Å². The molecule has 1 aliphatic heterocycles.